The van der Waals surface area contributed by atoms with E-state index in [0.29, 0.717) is 18.8 Å². The fourth-order valence-electron chi connectivity index (χ4n) is 5.08. The number of nitriles is 3. The van der Waals surface area contributed by atoms with Gasteiger partial charge in [0.2, 0.25) is 0 Å². The van der Waals surface area contributed by atoms with Gasteiger partial charge in [-0.15, -0.1) is 0 Å². The van der Waals surface area contributed by atoms with Crippen molar-refractivity contribution in [2.45, 2.75) is 12.8 Å². The molecule has 1 heterocycles. The van der Waals surface area contributed by atoms with Gasteiger partial charge in [-0.1, -0.05) is 43.3 Å². The molecular formula is C25H23N5O. The van der Waals surface area contributed by atoms with Crippen molar-refractivity contribution in [2.75, 3.05) is 26.7 Å². The van der Waals surface area contributed by atoms with Crippen molar-refractivity contribution < 1.29 is 4.74 Å². The van der Waals surface area contributed by atoms with Gasteiger partial charge in [0.05, 0.1) is 30.5 Å². The molecule has 6 nitrogen and oxygen atoms in total. The van der Waals surface area contributed by atoms with Gasteiger partial charge in [0.1, 0.15) is 11.8 Å². The quantitative estimate of drug-likeness (QED) is 0.829. The Morgan fingerprint density at radius 3 is 2.55 bits per heavy atom. The van der Waals surface area contributed by atoms with E-state index in [-0.39, 0.29) is 17.2 Å². The summed E-state index contributed by atoms with van der Waals surface area (Å²) in [5, 5.41) is 32.5. The molecule has 0 radical (unpaired) electrons. The highest BCUT2D eigenvalue weighted by Gasteiger charge is 2.55. The summed E-state index contributed by atoms with van der Waals surface area (Å²) in [7, 11) is 1.59. The van der Waals surface area contributed by atoms with Crippen molar-refractivity contribution in [1.29, 1.82) is 15.8 Å². The molecular weight excluding hydrogens is 386 g/mol. The van der Waals surface area contributed by atoms with Gasteiger partial charge >= 0.3 is 0 Å². The Bertz CT molecular complexity index is 1220. The lowest BCUT2D eigenvalue weighted by atomic mass is 9.57. The first-order valence-electron chi connectivity index (χ1n) is 10.3. The Morgan fingerprint density at radius 1 is 1.16 bits per heavy atom. The van der Waals surface area contributed by atoms with Crippen LogP contribution in [0.4, 0.5) is 0 Å². The normalized spacial score (nSPS) is 22.6. The van der Waals surface area contributed by atoms with Gasteiger partial charge in [0.25, 0.3) is 0 Å². The number of benzene rings is 2. The molecule has 31 heavy (non-hydrogen) atoms. The minimum Gasteiger partial charge on any atom is -0.496 e. The average Bonchev–Trinajstić information content (AvgIpc) is 2.82. The van der Waals surface area contributed by atoms with Crippen LogP contribution in [-0.4, -0.2) is 31.6 Å². The Morgan fingerprint density at radius 2 is 1.90 bits per heavy atom. The topological polar surface area (TPSA) is 110 Å². The highest BCUT2D eigenvalue weighted by atomic mass is 16.5. The summed E-state index contributed by atoms with van der Waals surface area (Å²) in [4.78, 5) is 2.24. The van der Waals surface area contributed by atoms with Gasteiger partial charge < -0.3 is 10.5 Å². The van der Waals surface area contributed by atoms with Gasteiger partial charge in [0, 0.05) is 30.5 Å². The van der Waals surface area contributed by atoms with E-state index < -0.39 is 11.3 Å². The van der Waals surface area contributed by atoms with Gasteiger partial charge in [-0.25, -0.2) is 0 Å². The SMILES string of the molecule is CCN1CC=C2C(C#N)=C(N)C(C#N)(C#N)[C@@H](c3c(OC)ccc4ccccc34)[C@@H]2C1. The zero-order chi connectivity index (χ0) is 22.2. The van der Waals surface area contributed by atoms with Crippen molar-refractivity contribution in [3.05, 3.63) is 64.9 Å². The summed E-state index contributed by atoms with van der Waals surface area (Å²) in [6, 6.07) is 18.3. The van der Waals surface area contributed by atoms with Crippen LogP contribution in [0.5, 0.6) is 5.75 Å². The van der Waals surface area contributed by atoms with E-state index in [4.69, 9.17) is 10.5 Å². The maximum absolute atomic E-state index is 10.3. The molecule has 2 aromatic rings. The third-order valence-electron chi connectivity index (χ3n) is 6.65. The first-order valence-corrected chi connectivity index (χ1v) is 10.3. The predicted molar refractivity (Wildman–Crippen MR) is 117 cm³/mol. The highest BCUT2D eigenvalue weighted by molar-refractivity contribution is 5.89. The molecule has 2 N–H and O–H groups in total. The molecule has 6 heteroatoms. The molecule has 0 amide bonds. The summed E-state index contributed by atoms with van der Waals surface area (Å²) in [6.07, 6.45) is 2.02. The van der Waals surface area contributed by atoms with Crippen LogP contribution < -0.4 is 10.5 Å². The second-order valence-electron chi connectivity index (χ2n) is 7.93. The molecule has 2 aliphatic rings. The van der Waals surface area contributed by atoms with Crippen LogP contribution in [0.15, 0.2) is 59.3 Å². The predicted octanol–water partition coefficient (Wildman–Crippen LogP) is 3.59. The van der Waals surface area contributed by atoms with Crippen LogP contribution in [0.3, 0.4) is 0 Å². The van der Waals surface area contributed by atoms with Crippen molar-refractivity contribution in [2.24, 2.45) is 17.1 Å². The molecule has 0 unspecified atom stereocenters. The Labute approximate surface area is 182 Å². The van der Waals surface area contributed by atoms with Crippen molar-refractivity contribution in [1.82, 2.24) is 4.90 Å². The van der Waals surface area contributed by atoms with Crippen molar-refractivity contribution >= 4 is 10.8 Å². The number of hydrogen-bond donors (Lipinski definition) is 1. The average molecular weight is 409 g/mol. The lowest BCUT2D eigenvalue weighted by Crippen LogP contribution is -2.48. The third-order valence-corrected chi connectivity index (χ3v) is 6.65. The van der Waals surface area contributed by atoms with Crippen LogP contribution in [0, 0.1) is 45.3 Å². The van der Waals surface area contributed by atoms with Gasteiger partial charge in [-0.3, -0.25) is 4.90 Å². The standard InChI is InChI=1S/C25H23N5O/c1-3-30-11-10-18-19(12-26)24(29)25(14-27,15-28)23(20(18)13-30)22-17-7-5-4-6-16(17)8-9-21(22)31-2/h4-10,20,23H,3,11,13,29H2,1-2H3/t20-,23-/m1/s1. The number of hydrogen-bond acceptors (Lipinski definition) is 6. The zero-order valence-electron chi connectivity index (χ0n) is 17.6. The summed E-state index contributed by atoms with van der Waals surface area (Å²) < 4.78 is 5.74. The minimum atomic E-state index is -1.68. The van der Waals surface area contributed by atoms with E-state index >= 15 is 0 Å². The summed E-state index contributed by atoms with van der Waals surface area (Å²) >= 11 is 0. The number of likely N-dealkylation sites (N-methyl/N-ethyl adjacent to an activating group) is 1. The lowest BCUT2D eigenvalue weighted by Gasteiger charge is -2.46. The maximum atomic E-state index is 10.3. The van der Waals surface area contributed by atoms with Crippen molar-refractivity contribution in [3.63, 3.8) is 0 Å². The van der Waals surface area contributed by atoms with Crippen LogP contribution >= 0.6 is 0 Å². The molecule has 4 rings (SSSR count). The van der Waals surface area contributed by atoms with Gasteiger partial charge in [0.15, 0.2) is 5.41 Å². The Balaban J connectivity index is 2.13. The van der Waals surface area contributed by atoms with E-state index in [2.05, 4.69) is 30.0 Å². The molecule has 0 saturated heterocycles. The smallest absolute Gasteiger partial charge is 0.191 e. The van der Waals surface area contributed by atoms with Crippen molar-refractivity contribution in [3.8, 4) is 24.0 Å². The molecule has 0 aromatic heterocycles. The molecule has 1 aliphatic carbocycles. The van der Waals surface area contributed by atoms with Crippen LogP contribution in [0.2, 0.25) is 0 Å². The second-order valence-corrected chi connectivity index (χ2v) is 7.93. The Kier molecular flexibility index (Phi) is 5.15. The van der Waals surface area contributed by atoms with E-state index in [1.165, 1.54) is 0 Å². The molecule has 2 atom stereocenters. The molecule has 154 valence electrons. The zero-order valence-corrected chi connectivity index (χ0v) is 17.6. The number of ether oxygens (including phenoxy) is 1. The van der Waals surface area contributed by atoms with E-state index in [1.807, 2.05) is 42.5 Å². The number of fused-ring (bicyclic) bond motifs is 2. The minimum absolute atomic E-state index is 0.0347. The molecule has 0 saturated carbocycles. The summed E-state index contributed by atoms with van der Waals surface area (Å²) in [5.74, 6) is -0.212. The Hall–Kier alpha value is -3.79. The van der Waals surface area contributed by atoms with E-state index in [9.17, 15) is 15.8 Å². The molecule has 0 bridgehead atoms. The third kappa shape index (κ3) is 2.87. The maximum Gasteiger partial charge on any atom is 0.191 e. The number of allylic oxidation sites excluding steroid dienone is 2. The monoisotopic (exact) mass is 409 g/mol. The van der Waals surface area contributed by atoms with Gasteiger partial charge in [-0.05, 0) is 29.0 Å². The molecule has 1 aliphatic heterocycles. The number of rotatable bonds is 3. The van der Waals surface area contributed by atoms with E-state index in [0.717, 1.165) is 28.5 Å². The second kappa shape index (κ2) is 7.80. The van der Waals surface area contributed by atoms with Crippen LogP contribution in [0.25, 0.3) is 10.8 Å². The molecule has 2 aromatic carbocycles. The highest BCUT2D eigenvalue weighted by Crippen LogP contribution is 2.57. The number of methoxy groups -OCH3 is 1. The first-order chi connectivity index (χ1) is 15.1. The first kappa shape index (κ1) is 20.5. The lowest BCUT2D eigenvalue weighted by molar-refractivity contribution is 0.213. The fourth-order valence-corrected chi connectivity index (χ4v) is 5.08. The summed E-state index contributed by atoms with van der Waals surface area (Å²) in [6.45, 7) is 4.23. The van der Waals surface area contributed by atoms with Crippen LogP contribution in [0.1, 0.15) is 18.4 Å². The number of nitrogens with two attached hydrogens (primary N) is 1. The van der Waals surface area contributed by atoms with Crippen LogP contribution in [-0.2, 0) is 0 Å². The van der Waals surface area contributed by atoms with Gasteiger partial charge in [-0.2, -0.15) is 15.8 Å². The largest absolute Gasteiger partial charge is 0.496 e. The van der Waals surface area contributed by atoms with E-state index in [1.54, 1.807) is 7.11 Å². The number of nitrogens with zero attached hydrogens (tertiary/aromatic N) is 4. The molecule has 0 fully saturated rings. The summed E-state index contributed by atoms with van der Waals surface area (Å²) in [5.41, 5.74) is 6.68. The fraction of sp³-hybridized carbons (Fsp3) is 0.320. The molecule has 0 spiro atoms.